The molecule has 1 aliphatic heterocycles. The SMILES string of the molecule is CC1CN(CCCC(=O)c2ccccc2)CCC1O. The highest BCUT2D eigenvalue weighted by Crippen LogP contribution is 2.17. The number of carbonyl (C=O) groups excluding carboxylic acids is 1. The number of likely N-dealkylation sites (tertiary alicyclic amines) is 1. The van der Waals surface area contributed by atoms with Gasteiger partial charge in [-0.15, -0.1) is 0 Å². The van der Waals surface area contributed by atoms with Crippen molar-refractivity contribution >= 4 is 5.78 Å². The van der Waals surface area contributed by atoms with Crippen molar-refractivity contribution in [3.8, 4) is 0 Å². The van der Waals surface area contributed by atoms with Crippen LogP contribution in [0.2, 0.25) is 0 Å². The molecule has 1 N–H and O–H groups in total. The largest absolute Gasteiger partial charge is 0.393 e. The molecule has 19 heavy (non-hydrogen) atoms. The molecule has 2 unspecified atom stereocenters. The number of rotatable bonds is 5. The van der Waals surface area contributed by atoms with Crippen molar-refractivity contribution in [3.05, 3.63) is 35.9 Å². The smallest absolute Gasteiger partial charge is 0.162 e. The summed E-state index contributed by atoms with van der Waals surface area (Å²) in [6.07, 6.45) is 2.21. The third kappa shape index (κ3) is 4.15. The average molecular weight is 261 g/mol. The first-order chi connectivity index (χ1) is 9.16. The van der Waals surface area contributed by atoms with Crippen LogP contribution in [-0.4, -0.2) is 41.5 Å². The van der Waals surface area contributed by atoms with Crippen LogP contribution in [0.15, 0.2) is 30.3 Å². The maximum Gasteiger partial charge on any atom is 0.162 e. The molecule has 0 bridgehead atoms. The predicted octanol–water partition coefficient (Wildman–Crippen LogP) is 2.35. The number of piperidine rings is 1. The zero-order chi connectivity index (χ0) is 13.7. The fourth-order valence-electron chi connectivity index (χ4n) is 2.65. The van der Waals surface area contributed by atoms with Gasteiger partial charge in [0.05, 0.1) is 6.10 Å². The van der Waals surface area contributed by atoms with Crippen LogP contribution in [-0.2, 0) is 0 Å². The minimum Gasteiger partial charge on any atom is -0.393 e. The van der Waals surface area contributed by atoms with E-state index in [-0.39, 0.29) is 11.9 Å². The van der Waals surface area contributed by atoms with Crippen molar-refractivity contribution in [1.29, 1.82) is 0 Å². The first-order valence-corrected chi connectivity index (χ1v) is 7.15. The van der Waals surface area contributed by atoms with E-state index in [2.05, 4.69) is 11.8 Å². The summed E-state index contributed by atoms with van der Waals surface area (Å²) in [4.78, 5) is 14.3. The molecule has 1 aliphatic rings. The van der Waals surface area contributed by atoms with Gasteiger partial charge in [-0.25, -0.2) is 0 Å². The minimum absolute atomic E-state index is 0.151. The normalized spacial score (nSPS) is 24.3. The molecule has 0 spiro atoms. The van der Waals surface area contributed by atoms with Crippen molar-refractivity contribution in [3.63, 3.8) is 0 Å². The van der Waals surface area contributed by atoms with Crippen molar-refractivity contribution in [2.24, 2.45) is 5.92 Å². The van der Waals surface area contributed by atoms with Crippen LogP contribution < -0.4 is 0 Å². The Balaban J connectivity index is 1.71. The van der Waals surface area contributed by atoms with Crippen LogP contribution in [0.4, 0.5) is 0 Å². The first-order valence-electron chi connectivity index (χ1n) is 7.15. The van der Waals surface area contributed by atoms with E-state index in [0.717, 1.165) is 38.0 Å². The van der Waals surface area contributed by atoms with Gasteiger partial charge in [-0.3, -0.25) is 4.79 Å². The molecular weight excluding hydrogens is 238 g/mol. The average Bonchev–Trinajstić information content (AvgIpc) is 2.43. The Hall–Kier alpha value is -1.19. The fraction of sp³-hybridized carbons (Fsp3) is 0.562. The third-order valence-electron chi connectivity index (χ3n) is 3.92. The van der Waals surface area contributed by atoms with E-state index in [1.165, 1.54) is 0 Å². The summed E-state index contributed by atoms with van der Waals surface area (Å²) < 4.78 is 0. The number of hydrogen-bond acceptors (Lipinski definition) is 3. The molecule has 0 radical (unpaired) electrons. The summed E-state index contributed by atoms with van der Waals surface area (Å²) in [5.41, 5.74) is 0.810. The van der Waals surface area contributed by atoms with Crippen LogP contribution in [0, 0.1) is 5.92 Å². The summed E-state index contributed by atoms with van der Waals surface area (Å²) in [5, 5.41) is 9.68. The highest BCUT2D eigenvalue weighted by molar-refractivity contribution is 5.95. The molecule has 0 saturated carbocycles. The monoisotopic (exact) mass is 261 g/mol. The molecule has 1 heterocycles. The van der Waals surface area contributed by atoms with Crippen LogP contribution in [0.3, 0.4) is 0 Å². The standard InChI is InChI=1S/C16H23NO2/c1-13-12-17(11-9-15(13)18)10-5-8-16(19)14-6-3-2-4-7-14/h2-4,6-7,13,15,18H,5,8-12H2,1H3. The summed E-state index contributed by atoms with van der Waals surface area (Å²) in [7, 11) is 0. The fourth-order valence-corrected chi connectivity index (χ4v) is 2.65. The van der Waals surface area contributed by atoms with Crippen molar-refractivity contribution in [1.82, 2.24) is 4.90 Å². The highest BCUT2D eigenvalue weighted by atomic mass is 16.3. The number of hydrogen-bond donors (Lipinski definition) is 1. The van der Waals surface area contributed by atoms with E-state index in [0.29, 0.717) is 12.3 Å². The van der Waals surface area contributed by atoms with E-state index in [9.17, 15) is 9.90 Å². The molecule has 2 atom stereocenters. The first kappa shape index (κ1) is 14.2. The van der Waals surface area contributed by atoms with Gasteiger partial charge in [0.1, 0.15) is 0 Å². The molecule has 1 fully saturated rings. The second-order valence-corrected chi connectivity index (χ2v) is 5.53. The molecule has 2 rings (SSSR count). The molecule has 0 amide bonds. The topological polar surface area (TPSA) is 40.5 Å². The Morgan fingerprint density at radius 1 is 1.37 bits per heavy atom. The van der Waals surface area contributed by atoms with E-state index < -0.39 is 0 Å². The minimum atomic E-state index is -0.151. The molecule has 1 saturated heterocycles. The van der Waals surface area contributed by atoms with Gasteiger partial charge >= 0.3 is 0 Å². The van der Waals surface area contributed by atoms with Gasteiger partial charge < -0.3 is 10.0 Å². The number of Topliss-reactive ketones (excluding diaryl/α,β-unsaturated/α-hetero) is 1. The maximum absolute atomic E-state index is 11.9. The summed E-state index contributed by atoms with van der Waals surface area (Å²) in [6, 6.07) is 9.49. The molecule has 104 valence electrons. The predicted molar refractivity (Wildman–Crippen MR) is 76.2 cm³/mol. The Kier molecular flexibility index (Phi) is 5.11. The number of ketones is 1. The lowest BCUT2D eigenvalue weighted by Gasteiger charge is -2.34. The van der Waals surface area contributed by atoms with Crippen LogP contribution in [0.25, 0.3) is 0 Å². The van der Waals surface area contributed by atoms with E-state index in [1.54, 1.807) is 0 Å². The zero-order valence-corrected chi connectivity index (χ0v) is 11.6. The molecular formula is C16H23NO2. The number of aliphatic hydroxyl groups excluding tert-OH is 1. The third-order valence-corrected chi connectivity index (χ3v) is 3.92. The quantitative estimate of drug-likeness (QED) is 0.827. The van der Waals surface area contributed by atoms with E-state index in [4.69, 9.17) is 0 Å². The second-order valence-electron chi connectivity index (χ2n) is 5.53. The Labute approximate surface area is 115 Å². The molecule has 1 aromatic rings. The summed E-state index contributed by atoms with van der Waals surface area (Å²) >= 11 is 0. The number of benzene rings is 1. The Bertz CT molecular complexity index is 404. The Morgan fingerprint density at radius 2 is 2.11 bits per heavy atom. The maximum atomic E-state index is 11.9. The molecule has 3 nitrogen and oxygen atoms in total. The van der Waals surface area contributed by atoms with Gasteiger partial charge in [0.2, 0.25) is 0 Å². The van der Waals surface area contributed by atoms with Gasteiger partial charge in [0, 0.05) is 25.1 Å². The number of aliphatic hydroxyl groups is 1. The lowest BCUT2D eigenvalue weighted by molar-refractivity contribution is 0.0344. The number of nitrogens with zero attached hydrogens (tertiary/aromatic N) is 1. The van der Waals surface area contributed by atoms with Crippen molar-refractivity contribution in [2.45, 2.75) is 32.3 Å². The molecule has 0 aromatic heterocycles. The van der Waals surface area contributed by atoms with Crippen LogP contribution in [0.1, 0.15) is 36.5 Å². The zero-order valence-electron chi connectivity index (χ0n) is 11.6. The molecule has 3 heteroatoms. The lowest BCUT2D eigenvalue weighted by Crippen LogP contribution is -2.42. The van der Waals surface area contributed by atoms with Crippen molar-refractivity contribution in [2.75, 3.05) is 19.6 Å². The van der Waals surface area contributed by atoms with Gasteiger partial charge in [-0.1, -0.05) is 37.3 Å². The summed E-state index contributed by atoms with van der Waals surface area (Å²) in [5.74, 6) is 0.573. The highest BCUT2D eigenvalue weighted by Gasteiger charge is 2.23. The van der Waals surface area contributed by atoms with Gasteiger partial charge in [0.15, 0.2) is 5.78 Å². The van der Waals surface area contributed by atoms with Gasteiger partial charge in [-0.2, -0.15) is 0 Å². The van der Waals surface area contributed by atoms with Crippen LogP contribution in [0.5, 0.6) is 0 Å². The summed E-state index contributed by atoms with van der Waals surface area (Å²) in [6.45, 7) is 4.94. The van der Waals surface area contributed by atoms with Crippen molar-refractivity contribution < 1.29 is 9.90 Å². The van der Waals surface area contributed by atoms with Gasteiger partial charge in [-0.05, 0) is 25.3 Å². The lowest BCUT2D eigenvalue weighted by atomic mass is 9.96. The van der Waals surface area contributed by atoms with E-state index >= 15 is 0 Å². The Morgan fingerprint density at radius 3 is 2.79 bits per heavy atom. The molecule has 1 aromatic carbocycles. The van der Waals surface area contributed by atoms with Crippen LogP contribution >= 0.6 is 0 Å². The van der Waals surface area contributed by atoms with Gasteiger partial charge in [0.25, 0.3) is 0 Å². The van der Waals surface area contributed by atoms with E-state index in [1.807, 2.05) is 30.3 Å². The molecule has 0 aliphatic carbocycles. The second kappa shape index (κ2) is 6.83. The number of carbonyl (C=O) groups is 1.